The maximum Gasteiger partial charge on any atom is 0.345 e. The third-order valence-corrected chi connectivity index (χ3v) is 3.83. The van der Waals surface area contributed by atoms with Gasteiger partial charge in [-0.3, -0.25) is 0 Å². The van der Waals surface area contributed by atoms with Crippen molar-refractivity contribution in [1.29, 1.82) is 0 Å². The van der Waals surface area contributed by atoms with Crippen LogP contribution in [0.2, 0.25) is 0 Å². The van der Waals surface area contributed by atoms with Crippen LogP contribution in [0, 0.1) is 0 Å². The van der Waals surface area contributed by atoms with Gasteiger partial charge in [-0.2, -0.15) is 0 Å². The van der Waals surface area contributed by atoms with E-state index in [-0.39, 0.29) is 23.5 Å². The second-order valence-corrected chi connectivity index (χ2v) is 5.76. The van der Waals surface area contributed by atoms with E-state index in [1.807, 2.05) is 0 Å². The average Bonchev–Trinajstić information content (AvgIpc) is 2.65. The normalized spacial score (nSPS) is 11.9. The number of carbonyl (C=O) groups is 2. The maximum atomic E-state index is 12.0. The second-order valence-electron chi connectivity index (χ2n) is 5.76. The number of ether oxygens (including phenoxy) is 1. The molecule has 5 N–H and O–H groups in total. The molecule has 0 spiro atoms. The van der Waals surface area contributed by atoms with Crippen LogP contribution in [0.1, 0.15) is 16.7 Å². The van der Waals surface area contributed by atoms with E-state index in [0.29, 0.717) is 11.1 Å². The molecule has 28 heavy (non-hydrogen) atoms. The Morgan fingerprint density at radius 3 is 2.32 bits per heavy atom. The molecule has 0 aromatic heterocycles. The minimum Gasteiger partial charge on any atom is -0.504 e. The fourth-order valence-electron chi connectivity index (χ4n) is 2.40. The number of carboxylic acid groups (broad SMARTS) is 1. The summed E-state index contributed by atoms with van der Waals surface area (Å²) in [5, 5.41) is 47.3. The number of aromatic hydroxyl groups is 4. The average molecular weight is 386 g/mol. The quantitative estimate of drug-likeness (QED) is 0.277. The zero-order valence-corrected chi connectivity index (χ0v) is 14.6. The van der Waals surface area contributed by atoms with Gasteiger partial charge in [-0.15, -0.1) is 0 Å². The van der Waals surface area contributed by atoms with E-state index in [9.17, 15) is 35.1 Å². The molecule has 0 fully saturated rings. The maximum absolute atomic E-state index is 12.0. The number of rotatable bonds is 7. The van der Waals surface area contributed by atoms with Gasteiger partial charge in [-0.25, -0.2) is 9.59 Å². The molecule has 2 rings (SSSR count). The molecule has 1 unspecified atom stereocenters. The van der Waals surface area contributed by atoms with Gasteiger partial charge in [0, 0.05) is 18.1 Å². The van der Waals surface area contributed by atoms with Crippen LogP contribution in [0.3, 0.4) is 0 Å². The van der Waals surface area contributed by atoms with Crippen LogP contribution in [-0.4, -0.2) is 43.6 Å². The number of esters is 1. The van der Waals surface area contributed by atoms with Crippen molar-refractivity contribution in [3.8, 4) is 23.0 Å². The molecule has 0 amide bonds. The number of aliphatic carboxylic acids is 1. The first-order valence-electron chi connectivity index (χ1n) is 8.02. The molecule has 2 aromatic carbocycles. The highest BCUT2D eigenvalue weighted by Gasteiger charge is 2.22. The van der Waals surface area contributed by atoms with Crippen molar-refractivity contribution in [2.24, 2.45) is 0 Å². The Labute approximate surface area is 159 Å². The lowest BCUT2D eigenvalue weighted by Gasteiger charge is -2.13. The summed E-state index contributed by atoms with van der Waals surface area (Å²) < 4.78 is 4.93. The molecular formula is C20H18O8. The minimum absolute atomic E-state index is 0.193. The predicted octanol–water partition coefficient (Wildman–Crippen LogP) is 2.40. The van der Waals surface area contributed by atoms with Crippen LogP contribution in [0.15, 0.2) is 43.0 Å². The fourth-order valence-corrected chi connectivity index (χ4v) is 2.40. The third kappa shape index (κ3) is 4.82. The molecule has 8 nitrogen and oxygen atoms in total. The Kier molecular flexibility index (Phi) is 6.28. The zero-order valence-electron chi connectivity index (χ0n) is 14.6. The highest BCUT2D eigenvalue weighted by Crippen LogP contribution is 2.32. The molecule has 1 atom stereocenters. The Hall–Kier alpha value is -3.94. The van der Waals surface area contributed by atoms with Crippen molar-refractivity contribution in [2.45, 2.75) is 12.5 Å². The zero-order chi connectivity index (χ0) is 20.8. The smallest absolute Gasteiger partial charge is 0.345 e. The Morgan fingerprint density at radius 1 is 1.04 bits per heavy atom. The van der Waals surface area contributed by atoms with E-state index in [2.05, 4.69) is 6.58 Å². The van der Waals surface area contributed by atoms with Crippen LogP contribution in [0.5, 0.6) is 23.0 Å². The molecule has 0 heterocycles. The molecule has 0 aliphatic heterocycles. The lowest BCUT2D eigenvalue weighted by Crippen LogP contribution is -2.28. The standard InChI is InChI=1S/C20H18O8/c1-2-13-12(4-7-15(22)19(13)25)5-8-18(24)28-17(20(26)27)10-11-3-6-14(21)16(23)9-11/h2-9,17,21-23,25H,1,10H2,(H,26,27)/b8-5+. The molecule has 0 saturated heterocycles. The van der Waals surface area contributed by atoms with E-state index in [1.54, 1.807) is 0 Å². The molecule has 0 aliphatic rings. The van der Waals surface area contributed by atoms with Gasteiger partial charge < -0.3 is 30.3 Å². The summed E-state index contributed by atoms with van der Waals surface area (Å²) >= 11 is 0. The molecule has 0 saturated carbocycles. The third-order valence-electron chi connectivity index (χ3n) is 3.83. The first-order valence-corrected chi connectivity index (χ1v) is 8.02. The first-order chi connectivity index (χ1) is 13.2. The second kappa shape index (κ2) is 8.63. The largest absolute Gasteiger partial charge is 0.504 e. The SMILES string of the molecule is C=Cc1c(/C=C/C(=O)OC(Cc2ccc(O)c(O)c2)C(=O)O)ccc(O)c1O. The number of hydrogen-bond acceptors (Lipinski definition) is 7. The van der Waals surface area contributed by atoms with Crippen LogP contribution < -0.4 is 0 Å². The van der Waals surface area contributed by atoms with E-state index in [4.69, 9.17) is 4.74 Å². The van der Waals surface area contributed by atoms with Crippen LogP contribution in [-0.2, 0) is 20.7 Å². The lowest BCUT2D eigenvalue weighted by atomic mass is 10.0. The van der Waals surface area contributed by atoms with E-state index < -0.39 is 29.5 Å². The molecule has 8 heteroatoms. The molecule has 2 aromatic rings. The summed E-state index contributed by atoms with van der Waals surface area (Å²) in [6.07, 6.45) is 1.80. The fraction of sp³-hybridized carbons (Fsp3) is 0.100. The topological polar surface area (TPSA) is 145 Å². The van der Waals surface area contributed by atoms with Gasteiger partial charge in [0.25, 0.3) is 0 Å². The van der Waals surface area contributed by atoms with Crippen LogP contribution in [0.4, 0.5) is 0 Å². The summed E-state index contributed by atoms with van der Waals surface area (Å²) in [5.74, 6) is -3.86. The van der Waals surface area contributed by atoms with Gasteiger partial charge in [-0.05, 0) is 35.4 Å². The van der Waals surface area contributed by atoms with Crippen LogP contribution >= 0.6 is 0 Å². The van der Waals surface area contributed by atoms with Crippen molar-refractivity contribution in [3.05, 3.63) is 59.7 Å². The molecular weight excluding hydrogens is 368 g/mol. The lowest BCUT2D eigenvalue weighted by molar-refractivity contribution is -0.160. The van der Waals surface area contributed by atoms with Gasteiger partial charge in [-0.1, -0.05) is 24.8 Å². The molecule has 0 aliphatic carbocycles. The Bertz CT molecular complexity index is 945. The number of carbonyl (C=O) groups excluding carboxylic acids is 1. The number of hydrogen-bond donors (Lipinski definition) is 5. The van der Waals surface area contributed by atoms with E-state index in [0.717, 1.165) is 6.08 Å². The number of benzene rings is 2. The van der Waals surface area contributed by atoms with Gasteiger partial charge >= 0.3 is 11.9 Å². The summed E-state index contributed by atoms with van der Waals surface area (Å²) in [7, 11) is 0. The van der Waals surface area contributed by atoms with Gasteiger partial charge in [0.05, 0.1) is 0 Å². The monoisotopic (exact) mass is 386 g/mol. The molecule has 0 bridgehead atoms. The molecule has 0 radical (unpaired) electrons. The highest BCUT2D eigenvalue weighted by molar-refractivity contribution is 5.90. The molecule has 146 valence electrons. The number of phenolic OH excluding ortho intramolecular Hbond substituents is 4. The van der Waals surface area contributed by atoms with Gasteiger partial charge in [0.2, 0.25) is 6.10 Å². The number of phenols is 4. The highest BCUT2D eigenvalue weighted by atomic mass is 16.6. The summed E-state index contributed by atoms with van der Waals surface area (Å²) in [5.41, 5.74) is 0.896. The van der Waals surface area contributed by atoms with Crippen LogP contribution in [0.25, 0.3) is 12.2 Å². The van der Waals surface area contributed by atoms with Gasteiger partial charge in [0.15, 0.2) is 23.0 Å². The van der Waals surface area contributed by atoms with E-state index in [1.165, 1.54) is 42.5 Å². The summed E-state index contributed by atoms with van der Waals surface area (Å²) in [6, 6.07) is 6.42. The Balaban J connectivity index is 2.13. The number of carboxylic acids is 1. The van der Waals surface area contributed by atoms with Crippen molar-refractivity contribution in [3.63, 3.8) is 0 Å². The van der Waals surface area contributed by atoms with Crippen molar-refractivity contribution >= 4 is 24.1 Å². The summed E-state index contributed by atoms with van der Waals surface area (Å²) in [6.45, 7) is 3.52. The van der Waals surface area contributed by atoms with Crippen molar-refractivity contribution < 1.29 is 39.9 Å². The minimum atomic E-state index is -1.52. The van der Waals surface area contributed by atoms with Crippen molar-refractivity contribution in [2.75, 3.05) is 0 Å². The van der Waals surface area contributed by atoms with Crippen molar-refractivity contribution in [1.82, 2.24) is 0 Å². The summed E-state index contributed by atoms with van der Waals surface area (Å²) in [4.78, 5) is 23.4. The van der Waals surface area contributed by atoms with Gasteiger partial charge in [0.1, 0.15) is 0 Å². The Morgan fingerprint density at radius 2 is 1.71 bits per heavy atom. The first kappa shape index (κ1) is 20.4. The van der Waals surface area contributed by atoms with E-state index >= 15 is 0 Å². The predicted molar refractivity (Wildman–Crippen MR) is 99.9 cm³/mol.